The summed E-state index contributed by atoms with van der Waals surface area (Å²) in [6.07, 6.45) is 0. The standard InChI is InChI=1S/C19H22BrN3O3/c1-3-23(12-18(24)21-15-9-5-4-8-14(15)20)13-19(25)22-16-10-6-7-11-17(16)26-2/h4-11H,3,12-13H2,1-2H3,(H,21,24)(H,22,25)/p+1. The summed E-state index contributed by atoms with van der Waals surface area (Å²) in [5, 5.41) is 5.69. The number of likely N-dealkylation sites (N-methyl/N-ethyl adjacent to an activating group) is 1. The number of ether oxygens (including phenoxy) is 1. The van der Waals surface area contributed by atoms with Crippen LogP contribution in [0.2, 0.25) is 0 Å². The van der Waals surface area contributed by atoms with E-state index >= 15 is 0 Å². The van der Waals surface area contributed by atoms with E-state index in [1.165, 1.54) is 0 Å². The van der Waals surface area contributed by atoms with Crippen LogP contribution in [-0.4, -0.2) is 38.6 Å². The van der Waals surface area contributed by atoms with Crippen molar-refractivity contribution in [2.45, 2.75) is 6.92 Å². The minimum Gasteiger partial charge on any atom is -0.495 e. The molecule has 3 N–H and O–H groups in total. The van der Waals surface area contributed by atoms with Gasteiger partial charge in [-0.2, -0.15) is 0 Å². The third-order valence-corrected chi connectivity index (χ3v) is 4.54. The average molecular weight is 421 g/mol. The number of carbonyl (C=O) groups is 2. The lowest BCUT2D eigenvalue weighted by Gasteiger charge is -2.17. The lowest BCUT2D eigenvalue weighted by molar-refractivity contribution is -0.881. The van der Waals surface area contributed by atoms with E-state index in [4.69, 9.17) is 4.74 Å². The Balaban J connectivity index is 1.91. The molecule has 0 fully saturated rings. The SMILES string of the molecule is CC[NH+](CC(=O)Nc1ccccc1Br)CC(=O)Nc1ccccc1OC. The second-order valence-corrected chi connectivity index (χ2v) is 6.59. The van der Waals surface area contributed by atoms with Crippen LogP contribution in [0.3, 0.4) is 0 Å². The van der Waals surface area contributed by atoms with Gasteiger partial charge in [0, 0.05) is 4.47 Å². The van der Waals surface area contributed by atoms with Crippen LogP contribution in [0.5, 0.6) is 5.75 Å². The van der Waals surface area contributed by atoms with E-state index in [-0.39, 0.29) is 24.9 Å². The molecule has 0 heterocycles. The van der Waals surface area contributed by atoms with Crippen molar-refractivity contribution in [2.75, 3.05) is 37.4 Å². The lowest BCUT2D eigenvalue weighted by Crippen LogP contribution is -3.13. The van der Waals surface area contributed by atoms with Crippen molar-refractivity contribution < 1.29 is 19.2 Å². The van der Waals surface area contributed by atoms with E-state index < -0.39 is 0 Å². The topological polar surface area (TPSA) is 71.9 Å². The van der Waals surface area contributed by atoms with Gasteiger partial charge in [-0.3, -0.25) is 9.59 Å². The first-order chi connectivity index (χ1) is 12.5. The number of methoxy groups -OCH3 is 1. The highest BCUT2D eigenvalue weighted by atomic mass is 79.9. The Bertz CT molecular complexity index is 767. The number of halogens is 1. The minimum atomic E-state index is -0.167. The lowest BCUT2D eigenvalue weighted by atomic mass is 10.3. The molecular weight excluding hydrogens is 398 g/mol. The van der Waals surface area contributed by atoms with Crippen LogP contribution < -0.4 is 20.3 Å². The summed E-state index contributed by atoms with van der Waals surface area (Å²) in [6.45, 7) is 3.00. The van der Waals surface area contributed by atoms with Crippen molar-refractivity contribution >= 4 is 39.1 Å². The molecule has 1 unspecified atom stereocenters. The second-order valence-electron chi connectivity index (χ2n) is 5.73. The predicted molar refractivity (Wildman–Crippen MR) is 106 cm³/mol. The van der Waals surface area contributed by atoms with E-state index in [0.717, 1.165) is 9.37 Å². The molecule has 0 spiro atoms. The third-order valence-electron chi connectivity index (χ3n) is 3.85. The largest absolute Gasteiger partial charge is 0.495 e. The van der Waals surface area contributed by atoms with Gasteiger partial charge in [0.25, 0.3) is 11.8 Å². The maximum atomic E-state index is 12.3. The summed E-state index contributed by atoms with van der Waals surface area (Å²) in [6, 6.07) is 14.6. The fraction of sp³-hybridized carbons (Fsp3) is 0.263. The molecule has 2 aromatic rings. The van der Waals surface area contributed by atoms with E-state index in [1.54, 1.807) is 19.2 Å². The highest BCUT2D eigenvalue weighted by Gasteiger charge is 2.18. The van der Waals surface area contributed by atoms with Crippen molar-refractivity contribution in [1.82, 2.24) is 0 Å². The summed E-state index contributed by atoms with van der Waals surface area (Å²) in [4.78, 5) is 25.4. The van der Waals surface area contributed by atoms with Crippen molar-refractivity contribution in [3.8, 4) is 5.75 Å². The number of para-hydroxylation sites is 3. The Morgan fingerprint density at radius 3 is 2.08 bits per heavy atom. The zero-order chi connectivity index (χ0) is 18.9. The average Bonchev–Trinajstić information content (AvgIpc) is 2.63. The molecule has 6 nitrogen and oxygen atoms in total. The zero-order valence-corrected chi connectivity index (χ0v) is 16.4. The van der Waals surface area contributed by atoms with E-state index in [9.17, 15) is 9.59 Å². The highest BCUT2D eigenvalue weighted by Crippen LogP contribution is 2.22. The summed E-state index contributed by atoms with van der Waals surface area (Å²) < 4.78 is 6.05. The Hall–Kier alpha value is -2.38. The number of anilines is 2. The molecule has 0 aromatic heterocycles. The smallest absolute Gasteiger partial charge is 0.279 e. The molecule has 7 heteroatoms. The Morgan fingerprint density at radius 2 is 1.50 bits per heavy atom. The summed E-state index contributed by atoms with van der Waals surface area (Å²) in [7, 11) is 1.56. The Morgan fingerprint density at radius 1 is 0.962 bits per heavy atom. The maximum Gasteiger partial charge on any atom is 0.279 e. The van der Waals surface area contributed by atoms with Gasteiger partial charge in [-0.1, -0.05) is 24.3 Å². The van der Waals surface area contributed by atoms with Gasteiger partial charge in [-0.15, -0.1) is 0 Å². The van der Waals surface area contributed by atoms with Crippen LogP contribution in [0.25, 0.3) is 0 Å². The molecule has 0 bridgehead atoms. The summed E-state index contributed by atoms with van der Waals surface area (Å²) in [5.74, 6) is 0.296. The van der Waals surface area contributed by atoms with Gasteiger partial charge < -0.3 is 20.3 Å². The molecule has 0 aliphatic heterocycles. The van der Waals surface area contributed by atoms with E-state index in [2.05, 4.69) is 26.6 Å². The Kier molecular flexibility index (Phi) is 7.62. The van der Waals surface area contributed by atoms with Gasteiger partial charge in [0.05, 0.1) is 25.0 Å². The minimum absolute atomic E-state index is 0.140. The van der Waals surface area contributed by atoms with Crippen LogP contribution in [0.1, 0.15) is 6.92 Å². The van der Waals surface area contributed by atoms with Crippen molar-refractivity contribution in [3.63, 3.8) is 0 Å². The van der Waals surface area contributed by atoms with Crippen LogP contribution in [0.15, 0.2) is 53.0 Å². The molecule has 26 heavy (non-hydrogen) atoms. The van der Waals surface area contributed by atoms with Crippen molar-refractivity contribution in [2.24, 2.45) is 0 Å². The molecule has 0 aliphatic carbocycles. The molecule has 1 atom stereocenters. The molecule has 0 saturated heterocycles. The number of benzene rings is 2. The number of quaternary nitrogens is 1. The fourth-order valence-corrected chi connectivity index (χ4v) is 2.85. The monoisotopic (exact) mass is 420 g/mol. The number of carbonyl (C=O) groups excluding carboxylic acids is 2. The first-order valence-electron chi connectivity index (χ1n) is 8.34. The molecule has 2 rings (SSSR count). The molecule has 0 aliphatic rings. The molecule has 2 aromatic carbocycles. The maximum absolute atomic E-state index is 12.3. The number of hydrogen-bond donors (Lipinski definition) is 3. The predicted octanol–water partition coefficient (Wildman–Crippen LogP) is 1.94. The van der Waals surface area contributed by atoms with Gasteiger partial charge in [0.1, 0.15) is 5.75 Å². The van der Waals surface area contributed by atoms with Gasteiger partial charge in [0.2, 0.25) is 0 Å². The Labute approximate surface area is 161 Å². The molecular formula is C19H23BrN3O3+. The van der Waals surface area contributed by atoms with Gasteiger partial charge in [0.15, 0.2) is 13.1 Å². The van der Waals surface area contributed by atoms with E-state index in [0.29, 0.717) is 23.7 Å². The third kappa shape index (κ3) is 5.86. The van der Waals surface area contributed by atoms with Crippen LogP contribution in [0.4, 0.5) is 11.4 Å². The first kappa shape index (κ1) is 19.9. The van der Waals surface area contributed by atoms with Crippen LogP contribution >= 0.6 is 15.9 Å². The highest BCUT2D eigenvalue weighted by molar-refractivity contribution is 9.10. The number of rotatable bonds is 8. The first-order valence-corrected chi connectivity index (χ1v) is 9.13. The fourth-order valence-electron chi connectivity index (χ4n) is 2.47. The molecule has 0 radical (unpaired) electrons. The van der Waals surface area contributed by atoms with Crippen LogP contribution in [-0.2, 0) is 9.59 Å². The van der Waals surface area contributed by atoms with Gasteiger partial charge in [-0.25, -0.2) is 0 Å². The molecule has 138 valence electrons. The van der Waals surface area contributed by atoms with E-state index in [1.807, 2.05) is 43.3 Å². The van der Waals surface area contributed by atoms with Crippen molar-refractivity contribution in [1.29, 1.82) is 0 Å². The number of hydrogen-bond acceptors (Lipinski definition) is 3. The number of amides is 2. The van der Waals surface area contributed by atoms with Gasteiger partial charge >= 0.3 is 0 Å². The number of nitrogens with one attached hydrogen (secondary N) is 3. The summed E-state index contributed by atoms with van der Waals surface area (Å²) >= 11 is 3.40. The zero-order valence-electron chi connectivity index (χ0n) is 14.8. The normalized spacial score (nSPS) is 11.5. The van der Waals surface area contributed by atoms with Crippen molar-refractivity contribution in [3.05, 3.63) is 53.0 Å². The summed E-state index contributed by atoms with van der Waals surface area (Å²) in [5.41, 5.74) is 1.33. The second kappa shape index (κ2) is 9.94. The van der Waals surface area contributed by atoms with Gasteiger partial charge in [-0.05, 0) is 47.1 Å². The van der Waals surface area contributed by atoms with Crippen LogP contribution in [0, 0.1) is 0 Å². The molecule has 0 saturated carbocycles. The molecule has 2 amide bonds. The quantitative estimate of drug-likeness (QED) is 0.610.